The van der Waals surface area contributed by atoms with Gasteiger partial charge in [-0.3, -0.25) is 14.5 Å². The second-order valence-corrected chi connectivity index (χ2v) is 7.72. The zero-order chi connectivity index (χ0) is 19.8. The third kappa shape index (κ3) is 3.11. The van der Waals surface area contributed by atoms with E-state index >= 15 is 0 Å². The van der Waals surface area contributed by atoms with E-state index in [1.54, 1.807) is 30.2 Å². The van der Waals surface area contributed by atoms with Gasteiger partial charge in [-0.2, -0.15) is 0 Å². The number of benzene rings is 2. The molecule has 1 aliphatic heterocycles. The molecule has 0 fully saturated rings. The smallest absolute Gasteiger partial charge is 0.232 e. The molecule has 1 heterocycles. The van der Waals surface area contributed by atoms with Crippen LogP contribution in [0.25, 0.3) is 0 Å². The molecule has 4 rings (SSSR count). The van der Waals surface area contributed by atoms with Crippen LogP contribution in [-0.2, 0) is 9.59 Å². The largest absolute Gasteiger partial charge is 0.496 e. The molecule has 1 unspecified atom stereocenters. The summed E-state index contributed by atoms with van der Waals surface area (Å²) in [5.74, 6) is 0.335. The molecule has 28 heavy (non-hydrogen) atoms. The molecule has 0 N–H and O–H groups in total. The molecule has 1 atom stereocenters. The summed E-state index contributed by atoms with van der Waals surface area (Å²) in [7, 11) is 1.60. The van der Waals surface area contributed by atoms with Crippen molar-refractivity contribution in [3.63, 3.8) is 0 Å². The van der Waals surface area contributed by atoms with E-state index in [2.05, 4.69) is 0 Å². The van der Waals surface area contributed by atoms with Crippen LogP contribution < -0.4 is 9.64 Å². The van der Waals surface area contributed by atoms with Gasteiger partial charge < -0.3 is 4.74 Å². The fraction of sp³-hybridized carbons (Fsp3) is 0.273. The molecule has 2 aromatic rings. The topological polar surface area (TPSA) is 46.6 Å². The van der Waals surface area contributed by atoms with Crippen molar-refractivity contribution in [2.24, 2.45) is 0 Å². The lowest BCUT2D eigenvalue weighted by atomic mass is 9.77. The molecule has 0 radical (unpaired) electrons. The highest BCUT2D eigenvalue weighted by atomic mass is 35.5. The Labute approximate surface area is 173 Å². The minimum Gasteiger partial charge on any atom is -0.496 e. The fourth-order valence-electron chi connectivity index (χ4n) is 4.16. The summed E-state index contributed by atoms with van der Waals surface area (Å²) < 4.78 is 5.50. The lowest BCUT2D eigenvalue weighted by Crippen LogP contribution is -2.40. The Morgan fingerprint density at radius 1 is 1.04 bits per heavy atom. The van der Waals surface area contributed by atoms with Crippen LogP contribution in [0.5, 0.6) is 5.75 Å². The van der Waals surface area contributed by atoms with Crippen molar-refractivity contribution >= 4 is 40.6 Å². The highest BCUT2D eigenvalue weighted by molar-refractivity contribution is 6.44. The van der Waals surface area contributed by atoms with Crippen molar-refractivity contribution in [3.05, 3.63) is 69.3 Å². The molecule has 2 aliphatic rings. The lowest BCUT2D eigenvalue weighted by Gasteiger charge is -2.39. The van der Waals surface area contributed by atoms with Crippen molar-refractivity contribution in [3.8, 4) is 5.75 Å². The predicted octanol–water partition coefficient (Wildman–Crippen LogP) is 5.53. The van der Waals surface area contributed by atoms with E-state index in [4.69, 9.17) is 27.9 Å². The second kappa shape index (κ2) is 7.61. The average molecular weight is 416 g/mol. The molecular formula is C22H19Cl2NO3. The van der Waals surface area contributed by atoms with E-state index in [1.807, 2.05) is 24.3 Å². The first-order valence-corrected chi connectivity index (χ1v) is 9.94. The Morgan fingerprint density at radius 2 is 1.82 bits per heavy atom. The summed E-state index contributed by atoms with van der Waals surface area (Å²) >= 11 is 12.6. The number of amides is 1. The van der Waals surface area contributed by atoms with E-state index in [9.17, 15) is 9.59 Å². The molecule has 0 aromatic heterocycles. The summed E-state index contributed by atoms with van der Waals surface area (Å²) in [5, 5.41) is 0.696. The monoisotopic (exact) mass is 415 g/mol. The molecule has 0 bridgehead atoms. The molecule has 1 aliphatic carbocycles. The van der Waals surface area contributed by atoms with Gasteiger partial charge in [0.05, 0.1) is 22.8 Å². The SMILES string of the molecule is COc1ccccc1C1CC(=O)N(c2cccc(Cl)c2Cl)C2=C1C(=O)CCC2. The van der Waals surface area contributed by atoms with Crippen LogP contribution in [0.1, 0.15) is 37.2 Å². The first kappa shape index (κ1) is 19.0. The Morgan fingerprint density at radius 3 is 2.61 bits per heavy atom. The number of hydrogen-bond acceptors (Lipinski definition) is 3. The first-order valence-electron chi connectivity index (χ1n) is 9.19. The summed E-state index contributed by atoms with van der Waals surface area (Å²) in [5.41, 5.74) is 2.80. The van der Waals surface area contributed by atoms with Gasteiger partial charge in [0.15, 0.2) is 5.78 Å². The van der Waals surface area contributed by atoms with Crippen LogP contribution in [0.3, 0.4) is 0 Å². The Hall–Kier alpha value is -2.30. The molecule has 6 heteroatoms. The number of rotatable bonds is 3. The normalized spacial score (nSPS) is 19.7. The van der Waals surface area contributed by atoms with Crippen molar-refractivity contribution in [1.82, 2.24) is 0 Å². The summed E-state index contributed by atoms with van der Waals surface area (Å²) in [6.07, 6.45) is 2.00. The van der Waals surface area contributed by atoms with E-state index in [1.165, 1.54) is 0 Å². The molecule has 0 saturated carbocycles. The zero-order valence-electron chi connectivity index (χ0n) is 15.4. The van der Waals surface area contributed by atoms with Gasteiger partial charge in [-0.1, -0.05) is 47.5 Å². The van der Waals surface area contributed by atoms with E-state index < -0.39 is 0 Å². The number of halogens is 2. The number of ketones is 1. The first-order chi connectivity index (χ1) is 13.5. The van der Waals surface area contributed by atoms with Crippen LogP contribution in [0.15, 0.2) is 53.7 Å². The van der Waals surface area contributed by atoms with E-state index in [0.29, 0.717) is 46.3 Å². The number of carbonyl (C=O) groups excluding carboxylic acids is 2. The average Bonchev–Trinajstić information content (AvgIpc) is 2.70. The number of anilines is 1. The third-order valence-corrected chi connectivity index (χ3v) is 6.17. The molecule has 0 saturated heterocycles. The number of allylic oxidation sites excluding steroid dienone is 2. The number of hydrogen-bond donors (Lipinski definition) is 0. The number of para-hydroxylation sites is 1. The fourth-order valence-corrected chi connectivity index (χ4v) is 4.54. The van der Waals surface area contributed by atoms with Gasteiger partial charge in [0.1, 0.15) is 5.75 Å². The van der Waals surface area contributed by atoms with Crippen LogP contribution in [0.2, 0.25) is 10.0 Å². The second-order valence-electron chi connectivity index (χ2n) is 6.94. The van der Waals surface area contributed by atoms with Gasteiger partial charge >= 0.3 is 0 Å². The van der Waals surface area contributed by atoms with Crippen LogP contribution in [-0.4, -0.2) is 18.8 Å². The molecule has 1 amide bonds. The maximum absolute atomic E-state index is 13.2. The standard InChI is InChI=1S/C22H19Cl2NO3/c1-28-19-11-3-2-6-13(19)14-12-20(27)25(16-8-5-10-18(26)21(14)16)17-9-4-7-15(23)22(17)24/h2-4,6-7,9,11,14H,5,8,10,12H2,1H3. The number of carbonyl (C=O) groups is 2. The predicted molar refractivity (Wildman–Crippen MR) is 110 cm³/mol. The molecule has 2 aromatic carbocycles. The Balaban J connectivity index is 1.91. The summed E-state index contributed by atoms with van der Waals surface area (Å²) in [6.45, 7) is 0. The molecule has 0 spiro atoms. The number of nitrogens with zero attached hydrogens (tertiary/aromatic N) is 1. The summed E-state index contributed by atoms with van der Waals surface area (Å²) in [4.78, 5) is 27.8. The Kier molecular flexibility index (Phi) is 5.17. The number of ether oxygens (including phenoxy) is 1. The molecule has 144 valence electrons. The highest BCUT2D eigenvalue weighted by Gasteiger charge is 2.41. The van der Waals surface area contributed by atoms with Crippen LogP contribution >= 0.6 is 23.2 Å². The van der Waals surface area contributed by atoms with Crippen molar-refractivity contribution in [2.75, 3.05) is 12.0 Å². The minimum absolute atomic E-state index is 0.0767. The Bertz CT molecular complexity index is 999. The maximum atomic E-state index is 13.2. The van der Waals surface area contributed by atoms with Crippen LogP contribution in [0, 0.1) is 0 Å². The van der Waals surface area contributed by atoms with Gasteiger partial charge in [0, 0.05) is 35.6 Å². The van der Waals surface area contributed by atoms with Gasteiger partial charge in [0.2, 0.25) is 5.91 Å². The van der Waals surface area contributed by atoms with Gasteiger partial charge in [-0.05, 0) is 31.0 Å². The van der Waals surface area contributed by atoms with Crippen molar-refractivity contribution in [2.45, 2.75) is 31.6 Å². The third-order valence-electron chi connectivity index (χ3n) is 5.36. The number of Topliss-reactive ketones (excluding diaryl/α,β-unsaturated/α-hetero) is 1. The summed E-state index contributed by atoms with van der Waals surface area (Å²) in [6, 6.07) is 12.8. The molecular weight excluding hydrogens is 397 g/mol. The van der Waals surface area contributed by atoms with E-state index in [0.717, 1.165) is 11.3 Å². The van der Waals surface area contributed by atoms with Gasteiger partial charge in [-0.15, -0.1) is 0 Å². The lowest BCUT2D eigenvalue weighted by molar-refractivity contribution is -0.119. The van der Waals surface area contributed by atoms with Crippen molar-refractivity contribution in [1.29, 1.82) is 0 Å². The molecule has 4 nitrogen and oxygen atoms in total. The minimum atomic E-state index is -0.319. The van der Waals surface area contributed by atoms with Gasteiger partial charge in [0.25, 0.3) is 0 Å². The number of methoxy groups -OCH3 is 1. The van der Waals surface area contributed by atoms with E-state index in [-0.39, 0.29) is 24.0 Å². The maximum Gasteiger partial charge on any atom is 0.232 e. The van der Waals surface area contributed by atoms with Gasteiger partial charge in [-0.25, -0.2) is 0 Å². The van der Waals surface area contributed by atoms with Crippen LogP contribution in [0.4, 0.5) is 5.69 Å². The zero-order valence-corrected chi connectivity index (χ0v) is 16.9. The van der Waals surface area contributed by atoms with Crippen molar-refractivity contribution < 1.29 is 14.3 Å². The highest BCUT2D eigenvalue weighted by Crippen LogP contribution is 2.47. The quantitative estimate of drug-likeness (QED) is 0.661.